The zero-order valence-corrected chi connectivity index (χ0v) is 12.1. The van der Waals surface area contributed by atoms with Crippen LogP contribution in [0.15, 0.2) is 25.2 Å². The maximum Gasteiger partial charge on any atom is 0.414 e. The molecule has 7 heteroatoms. The van der Waals surface area contributed by atoms with E-state index >= 15 is 0 Å². The summed E-state index contributed by atoms with van der Waals surface area (Å²) in [6, 6.07) is -0.920. The van der Waals surface area contributed by atoms with Crippen LogP contribution in [-0.2, 0) is 22.5 Å². The van der Waals surface area contributed by atoms with Crippen LogP contribution in [0.3, 0.4) is 0 Å². The van der Waals surface area contributed by atoms with Crippen molar-refractivity contribution in [1.29, 1.82) is 0 Å². The number of rotatable bonds is 3. The number of methoxy groups -OCH3 is 1. The molecule has 1 aromatic rings. The molecule has 6 nitrogen and oxygen atoms in total. The maximum absolute atomic E-state index is 11.7. The molecule has 18 heavy (non-hydrogen) atoms. The molecule has 1 amide bonds. The molecule has 2 heterocycles. The Labute approximate surface area is 122 Å². The summed E-state index contributed by atoms with van der Waals surface area (Å²) < 4.78 is 7.95. The quantitative estimate of drug-likeness (QED) is 0.264. The standard InChI is InChI=1S/C11H13N3O3.HI/c1-3-4-13-6-8-5-9(10(15)17-2)12-11(16)14(8)7-13;/h3,6-7,9H,1,4-5H2,2H3;1H. The van der Waals surface area contributed by atoms with Gasteiger partial charge >= 0.3 is 12.0 Å². The Hall–Kier alpha value is -1.38. The number of carbonyl (C=O) groups is 2. The smallest absolute Gasteiger partial charge is 0.414 e. The lowest BCUT2D eigenvalue weighted by Gasteiger charge is -2.17. The van der Waals surface area contributed by atoms with Crippen molar-refractivity contribution in [2.45, 2.75) is 19.0 Å². The van der Waals surface area contributed by atoms with Gasteiger partial charge in [0.1, 0.15) is 18.8 Å². The summed E-state index contributed by atoms with van der Waals surface area (Å²) in [6.07, 6.45) is 5.68. The zero-order valence-electron chi connectivity index (χ0n) is 9.93. The van der Waals surface area contributed by atoms with Gasteiger partial charge in [-0.05, 0) is 0 Å². The Kier molecular flexibility index (Phi) is 4.88. The van der Waals surface area contributed by atoms with Gasteiger partial charge in [0.15, 0.2) is 5.69 Å². The van der Waals surface area contributed by atoms with Crippen molar-refractivity contribution >= 4 is 12.0 Å². The predicted molar refractivity (Wildman–Crippen MR) is 58.3 cm³/mol. The fourth-order valence-corrected chi connectivity index (χ4v) is 1.86. The molecular formula is C11H14IN3O3. The maximum atomic E-state index is 11.7. The van der Waals surface area contributed by atoms with E-state index in [0.29, 0.717) is 13.0 Å². The molecule has 1 unspecified atom stereocenters. The minimum Gasteiger partial charge on any atom is -1.00 e. The van der Waals surface area contributed by atoms with Crippen LogP contribution in [0.5, 0.6) is 0 Å². The predicted octanol–water partition coefficient (Wildman–Crippen LogP) is -3.38. The number of hydrogen-bond acceptors (Lipinski definition) is 3. The van der Waals surface area contributed by atoms with Crippen LogP contribution in [0, 0.1) is 0 Å². The second-order valence-corrected chi connectivity index (χ2v) is 3.82. The van der Waals surface area contributed by atoms with Crippen LogP contribution in [0.2, 0.25) is 0 Å². The Bertz CT molecular complexity index is 484. The number of halogens is 1. The number of amides is 1. The molecule has 1 atom stereocenters. The molecule has 0 bridgehead atoms. The van der Waals surface area contributed by atoms with Crippen molar-refractivity contribution in [3.63, 3.8) is 0 Å². The van der Waals surface area contributed by atoms with E-state index in [1.54, 1.807) is 12.4 Å². The SMILES string of the molecule is C=CC[n+]1cc2n(c1)C(=O)NC(C(=O)OC)C2.[I-]. The van der Waals surface area contributed by atoms with Crippen LogP contribution in [-0.4, -0.2) is 29.7 Å². The van der Waals surface area contributed by atoms with E-state index in [2.05, 4.69) is 16.6 Å². The zero-order chi connectivity index (χ0) is 12.4. The van der Waals surface area contributed by atoms with Crippen molar-refractivity contribution in [3.05, 3.63) is 30.9 Å². The van der Waals surface area contributed by atoms with Gasteiger partial charge in [0.05, 0.1) is 7.11 Å². The number of imidazole rings is 1. The third kappa shape index (κ3) is 2.71. The third-order valence-corrected chi connectivity index (χ3v) is 2.64. The highest BCUT2D eigenvalue weighted by molar-refractivity contribution is 5.86. The van der Waals surface area contributed by atoms with Crippen LogP contribution < -0.4 is 33.9 Å². The summed E-state index contributed by atoms with van der Waals surface area (Å²) >= 11 is 0. The molecule has 0 fully saturated rings. The van der Waals surface area contributed by atoms with E-state index in [4.69, 9.17) is 0 Å². The summed E-state index contributed by atoms with van der Waals surface area (Å²) in [5, 5.41) is 2.59. The van der Waals surface area contributed by atoms with Crippen LogP contribution in [0.25, 0.3) is 0 Å². The van der Waals surface area contributed by atoms with E-state index in [1.165, 1.54) is 11.7 Å². The minimum atomic E-state index is -0.605. The highest BCUT2D eigenvalue weighted by Crippen LogP contribution is 2.09. The number of nitrogens with one attached hydrogen (secondary N) is 1. The molecular weight excluding hydrogens is 349 g/mol. The summed E-state index contributed by atoms with van der Waals surface area (Å²) in [5.41, 5.74) is 0.783. The van der Waals surface area contributed by atoms with Gasteiger partial charge in [-0.1, -0.05) is 12.7 Å². The largest absolute Gasteiger partial charge is 1.00 e. The van der Waals surface area contributed by atoms with Gasteiger partial charge in [-0.3, -0.25) is 0 Å². The number of hydrogen-bond donors (Lipinski definition) is 1. The molecule has 1 aliphatic rings. The average molecular weight is 363 g/mol. The van der Waals surface area contributed by atoms with Crippen molar-refractivity contribution in [3.8, 4) is 0 Å². The van der Waals surface area contributed by atoms with Gasteiger partial charge < -0.3 is 34.0 Å². The van der Waals surface area contributed by atoms with Crippen molar-refractivity contribution in [1.82, 2.24) is 9.88 Å². The van der Waals surface area contributed by atoms with Crippen LogP contribution in [0.4, 0.5) is 4.79 Å². The first-order valence-electron chi connectivity index (χ1n) is 5.25. The summed E-state index contributed by atoms with van der Waals surface area (Å²) in [7, 11) is 1.31. The van der Waals surface area contributed by atoms with Crippen LogP contribution in [0.1, 0.15) is 5.69 Å². The van der Waals surface area contributed by atoms with Crippen LogP contribution >= 0.6 is 0 Å². The van der Waals surface area contributed by atoms with E-state index in [-0.39, 0.29) is 30.0 Å². The van der Waals surface area contributed by atoms with Gasteiger partial charge in [0, 0.05) is 6.42 Å². The normalized spacial score (nSPS) is 17.2. The molecule has 0 saturated heterocycles. The molecule has 0 aromatic carbocycles. The van der Waals surface area contributed by atoms with Crippen molar-refractivity contribution in [2.24, 2.45) is 0 Å². The highest BCUT2D eigenvalue weighted by Gasteiger charge is 2.34. The molecule has 2 rings (SSSR count). The fourth-order valence-electron chi connectivity index (χ4n) is 1.86. The molecule has 0 aliphatic carbocycles. The second-order valence-electron chi connectivity index (χ2n) is 3.82. The minimum absolute atomic E-state index is 0. The van der Waals surface area contributed by atoms with Crippen molar-refractivity contribution < 1.29 is 42.9 Å². The van der Waals surface area contributed by atoms with E-state index in [0.717, 1.165) is 5.69 Å². The monoisotopic (exact) mass is 363 g/mol. The summed E-state index contributed by atoms with van der Waals surface area (Å²) in [4.78, 5) is 23.1. The first kappa shape index (κ1) is 14.7. The fraction of sp³-hybridized carbons (Fsp3) is 0.364. The lowest BCUT2D eigenvalue weighted by molar-refractivity contribution is -0.686. The molecule has 0 radical (unpaired) electrons. The number of carbonyl (C=O) groups excluding carboxylic acids is 2. The van der Waals surface area contributed by atoms with Gasteiger partial charge in [0.2, 0.25) is 0 Å². The van der Waals surface area contributed by atoms with Crippen molar-refractivity contribution in [2.75, 3.05) is 7.11 Å². The van der Waals surface area contributed by atoms with Gasteiger partial charge in [-0.25, -0.2) is 14.2 Å². The molecule has 1 N–H and O–H groups in total. The van der Waals surface area contributed by atoms with Gasteiger partial charge in [0.25, 0.3) is 6.33 Å². The number of aromatic nitrogens is 2. The lowest BCUT2D eigenvalue weighted by atomic mass is 10.1. The Morgan fingerprint density at radius 3 is 3.11 bits per heavy atom. The summed E-state index contributed by atoms with van der Waals surface area (Å²) in [5.74, 6) is -0.430. The van der Waals surface area contributed by atoms with E-state index < -0.39 is 12.0 Å². The summed E-state index contributed by atoms with van der Waals surface area (Å²) in [6.45, 7) is 4.25. The number of fused-ring (bicyclic) bond motifs is 1. The number of ether oxygens (including phenoxy) is 1. The van der Waals surface area contributed by atoms with Gasteiger partial charge in [-0.15, -0.1) is 4.57 Å². The molecule has 0 spiro atoms. The number of esters is 1. The molecule has 98 valence electrons. The molecule has 1 aliphatic heterocycles. The number of nitrogens with zero attached hydrogens (tertiary/aromatic N) is 2. The first-order valence-corrected chi connectivity index (χ1v) is 5.25. The molecule has 0 saturated carbocycles. The Balaban J connectivity index is 0.00000162. The Morgan fingerprint density at radius 2 is 2.50 bits per heavy atom. The van der Waals surface area contributed by atoms with E-state index in [9.17, 15) is 9.59 Å². The second kappa shape index (κ2) is 5.98. The highest BCUT2D eigenvalue weighted by atomic mass is 127. The lowest BCUT2D eigenvalue weighted by Crippen LogP contribution is -3.00. The first-order chi connectivity index (χ1) is 8.15. The average Bonchev–Trinajstić information content (AvgIpc) is 2.71. The van der Waals surface area contributed by atoms with Gasteiger partial charge in [-0.2, -0.15) is 0 Å². The van der Waals surface area contributed by atoms with E-state index in [1.807, 2.05) is 10.8 Å². The Morgan fingerprint density at radius 1 is 1.78 bits per heavy atom. The number of allylic oxidation sites excluding steroid dienone is 1. The molecule has 1 aromatic heterocycles. The third-order valence-electron chi connectivity index (χ3n) is 2.64. The topological polar surface area (TPSA) is 64.2 Å².